The third kappa shape index (κ3) is 4.08. The van der Waals surface area contributed by atoms with Gasteiger partial charge in [-0.1, -0.05) is 0 Å². The standard InChI is InChI=1S/C15H18N4O3/c1-9-7-14(21)22-12-8-10(4-5-11(9)12)19-13(20)3-2-6-18-15(16)17/h4-5,7-8H,2-3,6H2,1H3,(H,19,20)(H4,16,17,18). The molecule has 0 atom stereocenters. The summed E-state index contributed by atoms with van der Waals surface area (Å²) >= 11 is 0. The molecule has 2 aromatic rings. The molecule has 116 valence electrons. The number of rotatable bonds is 5. The third-order valence-corrected chi connectivity index (χ3v) is 3.09. The smallest absolute Gasteiger partial charge is 0.336 e. The molecule has 5 N–H and O–H groups in total. The molecule has 0 bridgehead atoms. The van der Waals surface area contributed by atoms with Gasteiger partial charge in [-0.2, -0.15) is 0 Å². The molecular formula is C15H18N4O3. The Hall–Kier alpha value is -2.83. The van der Waals surface area contributed by atoms with Crippen molar-refractivity contribution in [2.45, 2.75) is 19.8 Å². The summed E-state index contributed by atoms with van der Waals surface area (Å²) in [6.07, 6.45) is 0.845. The van der Waals surface area contributed by atoms with Gasteiger partial charge in [-0.05, 0) is 31.0 Å². The number of anilines is 1. The van der Waals surface area contributed by atoms with Crippen LogP contribution in [0, 0.1) is 6.92 Å². The number of amides is 1. The van der Waals surface area contributed by atoms with E-state index in [-0.39, 0.29) is 11.9 Å². The van der Waals surface area contributed by atoms with Crippen molar-refractivity contribution < 1.29 is 9.21 Å². The highest BCUT2D eigenvalue weighted by Crippen LogP contribution is 2.20. The lowest BCUT2D eigenvalue weighted by Crippen LogP contribution is -2.23. The van der Waals surface area contributed by atoms with E-state index in [4.69, 9.17) is 15.9 Å². The topological polar surface area (TPSA) is 124 Å². The van der Waals surface area contributed by atoms with Crippen LogP contribution in [0.15, 0.2) is 38.5 Å². The number of fused-ring (bicyclic) bond motifs is 1. The SMILES string of the molecule is Cc1cc(=O)oc2cc(NC(=O)CCCN=C(N)N)ccc12. The van der Waals surface area contributed by atoms with Crippen LogP contribution in [-0.2, 0) is 4.79 Å². The molecule has 0 aliphatic rings. The maximum atomic E-state index is 11.8. The van der Waals surface area contributed by atoms with Crippen LogP contribution in [0.2, 0.25) is 0 Å². The molecule has 7 heteroatoms. The minimum atomic E-state index is -0.411. The molecule has 0 aliphatic carbocycles. The Morgan fingerprint density at radius 3 is 2.82 bits per heavy atom. The van der Waals surface area contributed by atoms with E-state index in [1.54, 1.807) is 12.1 Å². The molecule has 0 radical (unpaired) electrons. The number of hydrogen-bond acceptors (Lipinski definition) is 4. The fourth-order valence-corrected chi connectivity index (χ4v) is 2.07. The van der Waals surface area contributed by atoms with Gasteiger partial charge in [-0.3, -0.25) is 9.79 Å². The van der Waals surface area contributed by atoms with Crippen molar-refractivity contribution in [1.29, 1.82) is 0 Å². The van der Waals surface area contributed by atoms with Crippen molar-refractivity contribution in [2.75, 3.05) is 11.9 Å². The molecule has 1 amide bonds. The number of hydrogen-bond donors (Lipinski definition) is 3. The molecule has 1 aromatic heterocycles. The van der Waals surface area contributed by atoms with Gasteiger partial charge in [0.15, 0.2) is 5.96 Å². The average Bonchev–Trinajstić information content (AvgIpc) is 2.42. The van der Waals surface area contributed by atoms with E-state index in [1.165, 1.54) is 6.07 Å². The molecule has 0 unspecified atom stereocenters. The predicted octanol–water partition coefficient (Wildman–Crippen LogP) is 1.09. The Morgan fingerprint density at radius 1 is 1.32 bits per heavy atom. The van der Waals surface area contributed by atoms with Crippen molar-refractivity contribution >= 4 is 28.5 Å². The first-order chi connectivity index (χ1) is 10.5. The van der Waals surface area contributed by atoms with E-state index in [9.17, 15) is 9.59 Å². The molecule has 7 nitrogen and oxygen atoms in total. The van der Waals surface area contributed by atoms with Gasteiger partial charge in [-0.25, -0.2) is 4.79 Å². The van der Waals surface area contributed by atoms with Crippen molar-refractivity contribution in [3.63, 3.8) is 0 Å². The summed E-state index contributed by atoms with van der Waals surface area (Å²) in [6, 6.07) is 6.65. The van der Waals surface area contributed by atoms with Crippen LogP contribution in [0.5, 0.6) is 0 Å². The summed E-state index contributed by atoms with van der Waals surface area (Å²) in [7, 11) is 0. The monoisotopic (exact) mass is 302 g/mol. The fraction of sp³-hybridized carbons (Fsp3) is 0.267. The van der Waals surface area contributed by atoms with Gasteiger partial charge in [0.2, 0.25) is 5.91 Å². The largest absolute Gasteiger partial charge is 0.423 e. The number of nitrogens with one attached hydrogen (secondary N) is 1. The zero-order valence-electron chi connectivity index (χ0n) is 12.3. The Kier molecular flexibility index (Phi) is 4.77. The molecule has 1 aromatic carbocycles. The number of guanidine groups is 1. The van der Waals surface area contributed by atoms with E-state index < -0.39 is 5.63 Å². The first kappa shape index (κ1) is 15.6. The van der Waals surface area contributed by atoms with E-state index in [0.29, 0.717) is 30.7 Å². The van der Waals surface area contributed by atoms with Gasteiger partial charge >= 0.3 is 5.63 Å². The van der Waals surface area contributed by atoms with Gasteiger partial charge < -0.3 is 21.2 Å². The first-order valence-corrected chi connectivity index (χ1v) is 6.85. The minimum absolute atomic E-state index is 0.0142. The summed E-state index contributed by atoms with van der Waals surface area (Å²) in [5.41, 5.74) is 11.9. The molecule has 0 aliphatic heterocycles. The van der Waals surface area contributed by atoms with E-state index >= 15 is 0 Å². The number of carbonyl (C=O) groups excluding carboxylic acids is 1. The van der Waals surface area contributed by atoms with Crippen molar-refractivity contribution in [3.8, 4) is 0 Å². The second-order valence-corrected chi connectivity index (χ2v) is 4.92. The van der Waals surface area contributed by atoms with Crippen LogP contribution in [0.25, 0.3) is 11.0 Å². The van der Waals surface area contributed by atoms with Crippen molar-refractivity contribution in [1.82, 2.24) is 0 Å². The highest BCUT2D eigenvalue weighted by atomic mass is 16.4. The number of nitrogens with two attached hydrogens (primary N) is 2. The van der Waals surface area contributed by atoms with Crippen molar-refractivity contribution in [3.05, 3.63) is 40.2 Å². The Morgan fingerprint density at radius 2 is 2.09 bits per heavy atom. The van der Waals surface area contributed by atoms with Gasteiger partial charge in [0.25, 0.3) is 0 Å². The zero-order chi connectivity index (χ0) is 16.1. The lowest BCUT2D eigenvalue weighted by Gasteiger charge is -2.06. The molecule has 2 rings (SSSR count). The summed E-state index contributed by atoms with van der Waals surface area (Å²) in [6.45, 7) is 2.24. The van der Waals surface area contributed by atoms with Crippen LogP contribution in [-0.4, -0.2) is 18.4 Å². The normalized spacial score (nSPS) is 10.4. The van der Waals surface area contributed by atoms with Crippen LogP contribution < -0.4 is 22.4 Å². The average molecular weight is 302 g/mol. The lowest BCUT2D eigenvalue weighted by molar-refractivity contribution is -0.116. The van der Waals surface area contributed by atoms with Crippen molar-refractivity contribution in [2.24, 2.45) is 16.5 Å². The maximum absolute atomic E-state index is 11.8. The zero-order valence-corrected chi connectivity index (χ0v) is 12.3. The molecule has 0 saturated heterocycles. The Labute approximate surface area is 127 Å². The van der Waals surface area contributed by atoms with E-state index in [1.807, 2.05) is 13.0 Å². The molecule has 0 fully saturated rings. The molecular weight excluding hydrogens is 284 g/mol. The Balaban J connectivity index is 2.04. The van der Waals surface area contributed by atoms with Crippen LogP contribution in [0.3, 0.4) is 0 Å². The van der Waals surface area contributed by atoms with Crippen LogP contribution in [0.4, 0.5) is 5.69 Å². The molecule has 0 saturated carbocycles. The Bertz CT molecular complexity index is 776. The number of aliphatic imine (C=N–C) groups is 1. The third-order valence-electron chi connectivity index (χ3n) is 3.09. The second kappa shape index (κ2) is 6.75. The highest BCUT2D eigenvalue weighted by molar-refractivity contribution is 5.93. The van der Waals surface area contributed by atoms with Crippen LogP contribution in [0.1, 0.15) is 18.4 Å². The molecule has 0 spiro atoms. The first-order valence-electron chi connectivity index (χ1n) is 6.85. The molecule has 22 heavy (non-hydrogen) atoms. The minimum Gasteiger partial charge on any atom is -0.423 e. The lowest BCUT2D eigenvalue weighted by atomic mass is 10.1. The van der Waals surface area contributed by atoms with Gasteiger partial charge in [0, 0.05) is 36.2 Å². The van der Waals surface area contributed by atoms with Crippen LogP contribution >= 0.6 is 0 Å². The number of benzene rings is 1. The fourth-order valence-electron chi connectivity index (χ4n) is 2.07. The van der Waals surface area contributed by atoms with Gasteiger partial charge in [0.1, 0.15) is 5.58 Å². The summed E-state index contributed by atoms with van der Waals surface area (Å²) in [5, 5.41) is 3.59. The summed E-state index contributed by atoms with van der Waals surface area (Å²) < 4.78 is 5.14. The van der Waals surface area contributed by atoms with E-state index in [2.05, 4.69) is 10.3 Å². The second-order valence-electron chi connectivity index (χ2n) is 4.92. The predicted molar refractivity (Wildman–Crippen MR) is 85.8 cm³/mol. The van der Waals surface area contributed by atoms with Gasteiger partial charge in [0.05, 0.1) is 0 Å². The van der Waals surface area contributed by atoms with E-state index in [0.717, 1.165) is 10.9 Å². The highest BCUT2D eigenvalue weighted by Gasteiger charge is 2.06. The maximum Gasteiger partial charge on any atom is 0.336 e. The summed E-state index contributed by atoms with van der Waals surface area (Å²) in [4.78, 5) is 27.0. The summed E-state index contributed by atoms with van der Waals surface area (Å²) in [5.74, 6) is -0.138. The quantitative estimate of drug-likeness (QED) is 0.330. The number of nitrogens with zero attached hydrogens (tertiary/aromatic N) is 1. The number of aryl methyl sites for hydroxylation is 1. The molecule has 1 heterocycles. The number of carbonyl (C=O) groups is 1. The van der Waals surface area contributed by atoms with Gasteiger partial charge in [-0.15, -0.1) is 0 Å².